The maximum absolute atomic E-state index is 6.07. The molecule has 2 aromatic rings. The molecule has 1 aromatic carbocycles. The van der Waals surface area contributed by atoms with E-state index in [1.165, 1.54) is 0 Å². The molecular weight excluding hydrogens is 208 g/mol. The van der Waals surface area contributed by atoms with Crippen LogP contribution in [0.3, 0.4) is 0 Å². The molecule has 0 amide bonds. The zero-order chi connectivity index (χ0) is 11.0. The maximum atomic E-state index is 6.07. The first-order valence-corrected chi connectivity index (χ1v) is 5.18. The summed E-state index contributed by atoms with van der Waals surface area (Å²) in [6, 6.07) is 9.74. The second-order valence-corrected chi connectivity index (χ2v) is 4.06. The lowest BCUT2D eigenvalue weighted by Crippen LogP contribution is -1.99. The van der Waals surface area contributed by atoms with Crippen LogP contribution in [0.5, 0.6) is 0 Å². The molecule has 0 spiro atoms. The molecule has 15 heavy (non-hydrogen) atoms. The van der Waals surface area contributed by atoms with Gasteiger partial charge in [-0.1, -0.05) is 17.7 Å². The van der Waals surface area contributed by atoms with Crippen molar-refractivity contribution in [2.45, 2.75) is 13.8 Å². The fourth-order valence-electron chi connectivity index (χ4n) is 1.78. The number of halogens is 1. The van der Waals surface area contributed by atoms with Crippen LogP contribution in [0.2, 0.25) is 5.02 Å². The topological polar surface area (TPSA) is 30.9 Å². The highest BCUT2D eigenvalue weighted by Gasteiger charge is 2.08. The van der Waals surface area contributed by atoms with Crippen molar-refractivity contribution in [3.05, 3.63) is 46.7 Å². The molecule has 1 heterocycles. The van der Waals surface area contributed by atoms with Crippen molar-refractivity contribution in [2.75, 3.05) is 5.73 Å². The summed E-state index contributed by atoms with van der Waals surface area (Å²) in [5, 5.41) is 0.787. The van der Waals surface area contributed by atoms with Gasteiger partial charge in [-0.05, 0) is 38.1 Å². The lowest BCUT2D eigenvalue weighted by atomic mass is 10.2. The predicted octanol–water partition coefficient (Wildman–Crippen LogP) is 3.33. The summed E-state index contributed by atoms with van der Waals surface area (Å²) in [6.45, 7) is 4.03. The number of benzene rings is 1. The molecule has 0 atom stereocenters. The van der Waals surface area contributed by atoms with E-state index in [4.69, 9.17) is 17.3 Å². The molecular formula is C12H13ClN2. The van der Waals surface area contributed by atoms with Crippen LogP contribution < -0.4 is 5.73 Å². The van der Waals surface area contributed by atoms with Gasteiger partial charge in [0.2, 0.25) is 0 Å². The van der Waals surface area contributed by atoms with Crippen LogP contribution in [-0.2, 0) is 0 Å². The first kappa shape index (κ1) is 10.1. The van der Waals surface area contributed by atoms with Crippen molar-refractivity contribution in [1.82, 2.24) is 4.57 Å². The van der Waals surface area contributed by atoms with Crippen LogP contribution in [0, 0.1) is 13.8 Å². The lowest BCUT2D eigenvalue weighted by Gasteiger charge is -2.09. The van der Waals surface area contributed by atoms with Crippen molar-refractivity contribution in [2.24, 2.45) is 0 Å². The van der Waals surface area contributed by atoms with Gasteiger partial charge in [0, 0.05) is 22.8 Å². The van der Waals surface area contributed by atoms with E-state index in [-0.39, 0.29) is 0 Å². The number of rotatable bonds is 1. The van der Waals surface area contributed by atoms with Crippen molar-refractivity contribution < 1.29 is 0 Å². The second-order valence-electron chi connectivity index (χ2n) is 3.65. The van der Waals surface area contributed by atoms with E-state index in [1.807, 2.05) is 44.2 Å². The lowest BCUT2D eigenvalue weighted by molar-refractivity contribution is 0.966. The Morgan fingerprint density at radius 1 is 1.20 bits per heavy atom. The van der Waals surface area contributed by atoms with Gasteiger partial charge in [-0.15, -0.1) is 0 Å². The predicted molar refractivity (Wildman–Crippen MR) is 64.7 cm³/mol. The molecule has 2 nitrogen and oxygen atoms in total. The molecule has 0 radical (unpaired) electrons. The Bertz CT molecular complexity index is 500. The molecule has 0 saturated heterocycles. The Labute approximate surface area is 94.3 Å². The highest BCUT2D eigenvalue weighted by molar-refractivity contribution is 6.31. The molecule has 0 unspecified atom stereocenters. The average Bonchev–Trinajstić information content (AvgIpc) is 2.41. The van der Waals surface area contributed by atoms with Gasteiger partial charge in [0.05, 0.1) is 5.02 Å². The molecule has 3 heteroatoms. The molecule has 0 aliphatic carbocycles. The highest BCUT2D eigenvalue weighted by atomic mass is 35.5. The van der Waals surface area contributed by atoms with E-state index < -0.39 is 0 Å². The van der Waals surface area contributed by atoms with Crippen LogP contribution in [-0.4, -0.2) is 4.57 Å². The molecule has 0 aliphatic rings. The number of aromatic nitrogens is 1. The Hall–Kier alpha value is -1.41. The first-order chi connectivity index (χ1) is 7.09. The minimum atomic E-state index is 0.760. The summed E-state index contributed by atoms with van der Waals surface area (Å²) in [5.74, 6) is 0. The average molecular weight is 221 g/mol. The van der Waals surface area contributed by atoms with Crippen molar-refractivity contribution in [3.63, 3.8) is 0 Å². The smallest absolute Gasteiger partial charge is 0.0618 e. The summed E-state index contributed by atoms with van der Waals surface area (Å²) >= 11 is 6.07. The third-order valence-electron chi connectivity index (χ3n) is 2.50. The van der Waals surface area contributed by atoms with Crippen LogP contribution in [0.25, 0.3) is 5.69 Å². The Balaban J connectivity index is 2.63. The van der Waals surface area contributed by atoms with Crippen LogP contribution in [0.4, 0.5) is 5.69 Å². The van der Waals surface area contributed by atoms with Gasteiger partial charge >= 0.3 is 0 Å². The quantitative estimate of drug-likeness (QED) is 0.735. The number of nitrogens with zero attached hydrogens (tertiary/aromatic N) is 1. The van der Waals surface area contributed by atoms with Crippen molar-refractivity contribution >= 4 is 17.3 Å². The Morgan fingerprint density at radius 2 is 1.93 bits per heavy atom. The van der Waals surface area contributed by atoms with Crippen molar-refractivity contribution in [3.8, 4) is 5.69 Å². The molecule has 0 fully saturated rings. The van der Waals surface area contributed by atoms with Crippen LogP contribution in [0.1, 0.15) is 11.4 Å². The third kappa shape index (κ3) is 1.73. The number of aryl methyl sites for hydroxylation is 1. The monoisotopic (exact) mass is 220 g/mol. The third-order valence-corrected chi connectivity index (χ3v) is 2.88. The summed E-state index contributed by atoms with van der Waals surface area (Å²) in [7, 11) is 0. The van der Waals surface area contributed by atoms with Gasteiger partial charge < -0.3 is 10.3 Å². The van der Waals surface area contributed by atoms with Crippen LogP contribution >= 0.6 is 11.6 Å². The van der Waals surface area contributed by atoms with Crippen LogP contribution in [0.15, 0.2) is 30.3 Å². The minimum absolute atomic E-state index is 0.760. The fraction of sp³-hybridized carbons (Fsp3) is 0.167. The maximum Gasteiger partial charge on any atom is 0.0618 e. The standard InChI is InChI=1S/C12H13ClN2/c1-8-6-12(13)9(2)15(8)11-5-3-4-10(14)7-11/h3-7H,14H2,1-2H3. The molecule has 0 saturated carbocycles. The molecule has 1 aromatic heterocycles. The Morgan fingerprint density at radius 3 is 2.47 bits per heavy atom. The van der Waals surface area contributed by atoms with E-state index in [0.29, 0.717) is 0 Å². The second kappa shape index (κ2) is 3.63. The van der Waals surface area contributed by atoms with Gasteiger partial charge in [-0.3, -0.25) is 0 Å². The summed E-state index contributed by atoms with van der Waals surface area (Å²) < 4.78 is 2.10. The van der Waals surface area contributed by atoms with E-state index in [1.54, 1.807) is 0 Å². The van der Waals surface area contributed by atoms with Gasteiger partial charge in [-0.25, -0.2) is 0 Å². The summed E-state index contributed by atoms with van der Waals surface area (Å²) in [4.78, 5) is 0. The molecule has 2 N–H and O–H groups in total. The van der Waals surface area contributed by atoms with Gasteiger partial charge in [0.1, 0.15) is 0 Å². The zero-order valence-corrected chi connectivity index (χ0v) is 9.55. The molecule has 0 bridgehead atoms. The Kier molecular flexibility index (Phi) is 2.45. The number of nitrogens with two attached hydrogens (primary N) is 1. The fourth-order valence-corrected chi connectivity index (χ4v) is 2.03. The number of hydrogen-bond acceptors (Lipinski definition) is 1. The van der Waals surface area contributed by atoms with Crippen molar-refractivity contribution in [1.29, 1.82) is 0 Å². The summed E-state index contributed by atoms with van der Waals surface area (Å²) in [5.41, 5.74) is 9.72. The number of nitrogen functional groups attached to an aromatic ring is 1. The molecule has 78 valence electrons. The van der Waals surface area contributed by atoms with E-state index >= 15 is 0 Å². The van der Waals surface area contributed by atoms with Gasteiger partial charge in [0.25, 0.3) is 0 Å². The van der Waals surface area contributed by atoms with Gasteiger partial charge in [0.15, 0.2) is 0 Å². The van der Waals surface area contributed by atoms with E-state index in [0.717, 1.165) is 27.8 Å². The summed E-state index contributed by atoms with van der Waals surface area (Å²) in [6.07, 6.45) is 0. The number of hydrogen-bond donors (Lipinski definition) is 1. The molecule has 0 aliphatic heterocycles. The molecule has 2 rings (SSSR count). The highest BCUT2D eigenvalue weighted by Crippen LogP contribution is 2.24. The SMILES string of the molecule is Cc1cc(Cl)c(C)n1-c1cccc(N)c1. The largest absolute Gasteiger partial charge is 0.399 e. The normalized spacial score (nSPS) is 10.6. The zero-order valence-electron chi connectivity index (χ0n) is 8.79. The van der Waals surface area contributed by atoms with Gasteiger partial charge in [-0.2, -0.15) is 0 Å². The van der Waals surface area contributed by atoms with E-state index in [9.17, 15) is 0 Å². The number of anilines is 1. The van der Waals surface area contributed by atoms with E-state index in [2.05, 4.69) is 4.57 Å². The minimum Gasteiger partial charge on any atom is -0.399 e. The first-order valence-electron chi connectivity index (χ1n) is 4.80.